The van der Waals surface area contributed by atoms with Crippen LogP contribution in [0.5, 0.6) is 0 Å². The van der Waals surface area contributed by atoms with Gasteiger partial charge in [-0.05, 0) is 50.3 Å². The fourth-order valence-electron chi connectivity index (χ4n) is 4.60. The van der Waals surface area contributed by atoms with Crippen LogP contribution in [0.1, 0.15) is 49.4 Å². The number of carbonyl (C=O) groups excluding carboxylic acids is 3. The van der Waals surface area contributed by atoms with Gasteiger partial charge in [0, 0.05) is 31.7 Å². The van der Waals surface area contributed by atoms with E-state index in [1.54, 1.807) is 15.9 Å². The first-order chi connectivity index (χ1) is 15.5. The van der Waals surface area contributed by atoms with Crippen LogP contribution in [-0.4, -0.2) is 52.1 Å². The molecular formula is C25H30N4O3. The number of benzene rings is 1. The number of amides is 3. The molecular weight excluding hydrogens is 404 g/mol. The second kappa shape index (κ2) is 9.94. The van der Waals surface area contributed by atoms with Crippen LogP contribution in [0.2, 0.25) is 0 Å². The number of nitrogens with zero attached hydrogens (tertiary/aromatic N) is 3. The zero-order chi connectivity index (χ0) is 22.5. The van der Waals surface area contributed by atoms with E-state index in [1.807, 2.05) is 49.4 Å². The first kappa shape index (κ1) is 22.0. The van der Waals surface area contributed by atoms with Crippen LogP contribution in [0.15, 0.2) is 48.5 Å². The van der Waals surface area contributed by atoms with Crippen molar-refractivity contribution in [1.82, 2.24) is 14.8 Å². The SMILES string of the molecule is Cc1cccc(NC(=O)C2CCCN(C(=O)C(c3ccccc3)N3CCCCC3=O)C2)n1. The van der Waals surface area contributed by atoms with Gasteiger partial charge in [-0.25, -0.2) is 4.98 Å². The summed E-state index contributed by atoms with van der Waals surface area (Å²) in [6, 6.07) is 14.4. The predicted molar refractivity (Wildman–Crippen MR) is 122 cm³/mol. The van der Waals surface area contributed by atoms with Gasteiger partial charge in [0.25, 0.3) is 0 Å². The van der Waals surface area contributed by atoms with E-state index < -0.39 is 6.04 Å². The van der Waals surface area contributed by atoms with E-state index in [-0.39, 0.29) is 23.6 Å². The topological polar surface area (TPSA) is 82.6 Å². The molecule has 1 aromatic heterocycles. The highest BCUT2D eigenvalue weighted by Gasteiger charge is 2.37. The minimum absolute atomic E-state index is 0.0234. The lowest BCUT2D eigenvalue weighted by atomic mass is 9.94. The summed E-state index contributed by atoms with van der Waals surface area (Å²) in [5.74, 6) is 0.0295. The van der Waals surface area contributed by atoms with Crippen molar-refractivity contribution in [2.75, 3.05) is 25.0 Å². The van der Waals surface area contributed by atoms with Crippen molar-refractivity contribution in [2.24, 2.45) is 5.92 Å². The fourth-order valence-corrected chi connectivity index (χ4v) is 4.60. The van der Waals surface area contributed by atoms with Crippen LogP contribution >= 0.6 is 0 Å². The number of anilines is 1. The Morgan fingerprint density at radius 2 is 1.84 bits per heavy atom. The first-order valence-electron chi connectivity index (χ1n) is 11.4. The Morgan fingerprint density at radius 3 is 2.59 bits per heavy atom. The molecule has 32 heavy (non-hydrogen) atoms. The van der Waals surface area contributed by atoms with Gasteiger partial charge in [-0.3, -0.25) is 14.4 Å². The highest BCUT2D eigenvalue weighted by molar-refractivity contribution is 5.93. The number of carbonyl (C=O) groups is 3. The lowest BCUT2D eigenvalue weighted by Crippen LogP contribution is -2.50. The molecule has 0 aliphatic carbocycles. The van der Waals surface area contributed by atoms with Crippen LogP contribution in [0.25, 0.3) is 0 Å². The van der Waals surface area contributed by atoms with Crippen molar-refractivity contribution in [3.8, 4) is 0 Å². The third-order valence-corrected chi connectivity index (χ3v) is 6.26. The first-order valence-corrected chi connectivity index (χ1v) is 11.4. The number of pyridine rings is 1. The van der Waals surface area contributed by atoms with Crippen molar-refractivity contribution in [2.45, 2.75) is 45.1 Å². The fraction of sp³-hybridized carbons (Fsp3) is 0.440. The van der Waals surface area contributed by atoms with Gasteiger partial charge in [-0.1, -0.05) is 36.4 Å². The van der Waals surface area contributed by atoms with Gasteiger partial charge in [0.15, 0.2) is 0 Å². The van der Waals surface area contributed by atoms with E-state index in [0.29, 0.717) is 31.9 Å². The summed E-state index contributed by atoms with van der Waals surface area (Å²) in [6.07, 6.45) is 3.71. The van der Waals surface area contributed by atoms with Gasteiger partial charge in [0.05, 0.1) is 5.92 Å². The van der Waals surface area contributed by atoms with Crippen molar-refractivity contribution in [3.63, 3.8) is 0 Å². The average Bonchev–Trinajstić information content (AvgIpc) is 2.81. The third-order valence-electron chi connectivity index (χ3n) is 6.26. The molecule has 0 bridgehead atoms. The molecule has 2 fully saturated rings. The number of piperidine rings is 2. The minimum atomic E-state index is -0.635. The number of likely N-dealkylation sites (tertiary alicyclic amines) is 2. The summed E-state index contributed by atoms with van der Waals surface area (Å²) in [4.78, 5) is 47.1. The number of aromatic nitrogens is 1. The molecule has 2 atom stereocenters. The summed E-state index contributed by atoms with van der Waals surface area (Å²) in [5.41, 5.74) is 1.66. The Kier molecular flexibility index (Phi) is 6.83. The van der Waals surface area contributed by atoms with Crippen molar-refractivity contribution >= 4 is 23.5 Å². The monoisotopic (exact) mass is 434 g/mol. The molecule has 4 rings (SSSR count). The lowest BCUT2D eigenvalue weighted by Gasteiger charge is -2.39. The molecule has 0 saturated carbocycles. The zero-order valence-electron chi connectivity index (χ0n) is 18.5. The number of hydrogen-bond acceptors (Lipinski definition) is 4. The van der Waals surface area contributed by atoms with Crippen molar-refractivity contribution < 1.29 is 14.4 Å². The predicted octanol–water partition coefficient (Wildman–Crippen LogP) is 3.32. The van der Waals surface area contributed by atoms with Crippen LogP contribution in [0, 0.1) is 12.8 Å². The molecule has 0 radical (unpaired) electrons. The van der Waals surface area contributed by atoms with Crippen LogP contribution in [0.4, 0.5) is 5.82 Å². The second-order valence-corrected chi connectivity index (χ2v) is 8.63. The molecule has 1 N–H and O–H groups in total. The van der Waals surface area contributed by atoms with Gasteiger partial charge in [-0.2, -0.15) is 0 Å². The molecule has 1 aromatic carbocycles. The highest BCUT2D eigenvalue weighted by atomic mass is 16.2. The molecule has 2 unspecified atom stereocenters. The van der Waals surface area contributed by atoms with Gasteiger partial charge in [0.2, 0.25) is 17.7 Å². The third kappa shape index (κ3) is 4.98. The van der Waals surface area contributed by atoms with E-state index in [2.05, 4.69) is 10.3 Å². The Labute approximate surface area is 188 Å². The van der Waals surface area contributed by atoms with E-state index in [4.69, 9.17) is 0 Å². The van der Waals surface area contributed by atoms with E-state index in [1.165, 1.54) is 0 Å². The normalized spacial score (nSPS) is 20.0. The Bertz CT molecular complexity index is 978. The Morgan fingerprint density at radius 1 is 1.03 bits per heavy atom. The number of hydrogen-bond donors (Lipinski definition) is 1. The summed E-state index contributed by atoms with van der Waals surface area (Å²) < 4.78 is 0. The smallest absolute Gasteiger partial charge is 0.250 e. The number of nitrogens with one attached hydrogen (secondary N) is 1. The summed E-state index contributed by atoms with van der Waals surface area (Å²) in [7, 11) is 0. The van der Waals surface area contributed by atoms with Crippen LogP contribution in [0.3, 0.4) is 0 Å². The van der Waals surface area contributed by atoms with Gasteiger partial charge in [0.1, 0.15) is 11.9 Å². The number of aryl methyl sites for hydroxylation is 1. The Hall–Kier alpha value is -3.22. The molecule has 7 heteroatoms. The van der Waals surface area contributed by atoms with Crippen molar-refractivity contribution in [1.29, 1.82) is 0 Å². The van der Waals surface area contributed by atoms with Gasteiger partial charge < -0.3 is 15.1 Å². The minimum Gasteiger partial charge on any atom is -0.340 e. The highest BCUT2D eigenvalue weighted by Crippen LogP contribution is 2.29. The molecule has 2 aliphatic heterocycles. The Balaban J connectivity index is 1.50. The molecule has 7 nitrogen and oxygen atoms in total. The molecule has 3 amide bonds. The zero-order valence-corrected chi connectivity index (χ0v) is 18.5. The second-order valence-electron chi connectivity index (χ2n) is 8.63. The van der Waals surface area contributed by atoms with E-state index >= 15 is 0 Å². The maximum absolute atomic E-state index is 13.7. The maximum atomic E-state index is 13.7. The standard InChI is InChI=1S/C25H30N4O3/c1-18-9-7-13-21(26-18)27-24(31)20-12-8-15-28(17-20)25(32)23(19-10-3-2-4-11-19)29-16-6-5-14-22(29)30/h2-4,7,9-11,13,20,23H,5-6,8,12,14-17H2,1H3,(H,26,27,31). The maximum Gasteiger partial charge on any atom is 0.250 e. The summed E-state index contributed by atoms with van der Waals surface area (Å²) >= 11 is 0. The molecule has 0 spiro atoms. The summed E-state index contributed by atoms with van der Waals surface area (Å²) in [5, 5.41) is 2.89. The molecule has 168 valence electrons. The van der Waals surface area contributed by atoms with Crippen molar-refractivity contribution in [3.05, 3.63) is 59.8 Å². The van der Waals surface area contributed by atoms with Gasteiger partial charge in [-0.15, -0.1) is 0 Å². The van der Waals surface area contributed by atoms with E-state index in [9.17, 15) is 14.4 Å². The summed E-state index contributed by atoms with van der Waals surface area (Å²) in [6.45, 7) is 3.40. The van der Waals surface area contributed by atoms with E-state index in [0.717, 1.165) is 36.9 Å². The molecule has 2 aliphatic rings. The average molecular weight is 435 g/mol. The van der Waals surface area contributed by atoms with Crippen LogP contribution < -0.4 is 5.32 Å². The van der Waals surface area contributed by atoms with Crippen LogP contribution in [-0.2, 0) is 14.4 Å². The quantitative estimate of drug-likeness (QED) is 0.783. The molecule has 3 heterocycles. The molecule has 2 aromatic rings. The lowest BCUT2D eigenvalue weighted by molar-refractivity contribution is -0.149. The number of rotatable bonds is 5. The van der Waals surface area contributed by atoms with Gasteiger partial charge >= 0.3 is 0 Å². The largest absolute Gasteiger partial charge is 0.340 e. The molecule has 2 saturated heterocycles.